The lowest BCUT2D eigenvalue weighted by Gasteiger charge is -2.29. The number of hydrogen-bond acceptors (Lipinski definition) is 3. The fourth-order valence-electron chi connectivity index (χ4n) is 3.52. The fourth-order valence-corrected chi connectivity index (χ4v) is 3.52. The van der Waals surface area contributed by atoms with Crippen LogP contribution < -0.4 is 10.1 Å². The molecule has 1 N–H and O–H groups in total. The summed E-state index contributed by atoms with van der Waals surface area (Å²) in [6.07, 6.45) is 4.09. The Labute approximate surface area is 114 Å². The summed E-state index contributed by atoms with van der Waals surface area (Å²) >= 11 is 0. The van der Waals surface area contributed by atoms with Crippen molar-refractivity contribution in [2.75, 3.05) is 26.2 Å². The minimum absolute atomic E-state index is 0.470. The molecule has 0 bridgehead atoms. The lowest BCUT2D eigenvalue weighted by atomic mass is 10.1. The van der Waals surface area contributed by atoms with Crippen molar-refractivity contribution in [1.29, 1.82) is 0 Å². The van der Waals surface area contributed by atoms with Crippen LogP contribution in [0.15, 0.2) is 24.3 Å². The van der Waals surface area contributed by atoms with Crippen LogP contribution in [0.4, 0.5) is 0 Å². The van der Waals surface area contributed by atoms with Crippen LogP contribution in [0.2, 0.25) is 0 Å². The second-order valence-corrected chi connectivity index (χ2v) is 6.11. The number of benzene rings is 1. The van der Waals surface area contributed by atoms with E-state index in [9.17, 15) is 0 Å². The zero-order valence-corrected chi connectivity index (χ0v) is 11.3. The molecule has 3 nitrogen and oxygen atoms in total. The van der Waals surface area contributed by atoms with E-state index in [4.69, 9.17) is 4.74 Å². The predicted molar refractivity (Wildman–Crippen MR) is 75.4 cm³/mol. The number of nitrogens with zero attached hydrogens (tertiary/aromatic N) is 1. The summed E-state index contributed by atoms with van der Waals surface area (Å²) in [5.74, 6) is 2.02. The maximum atomic E-state index is 5.85. The SMILES string of the molecule is c1ccc2c(c1)OCC2N1CCCNC(C2CC2)C1. The van der Waals surface area contributed by atoms with Crippen molar-refractivity contribution < 1.29 is 4.74 Å². The summed E-state index contributed by atoms with van der Waals surface area (Å²) in [7, 11) is 0. The van der Waals surface area contributed by atoms with Crippen molar-refractivity contribution in [3.8, 4) is 5.75 Å². The quantitative estimate of drug-likeness (QED) is 0.880. The van der Waals surface area contributed by atoms with Gasteiger partial charge in [-0.3, -0.25) is 4.90 Å². The smallest absolute Gasteiger partial charge is 0.124 e. The number of ether oxygens (including phenoxy) is 1. The van der Waals surface area contributed by atoms with Crippen molar-refractivity contribution in [1.82, 2.24) is 10.2 Å². The predicted octanol–water partition coefficient (Wildman–Crippen LogP) is 2.19. The molecule has 19 heavy (non-hydrogen) atoms. The van der Waals surface area contributed by atoms with Gasteiger partial charge in [0.1, 0.15) is 12.4 Å². The molecule has 2 heterocycles. The van der Waals surface area contributed by atoms with Crippen molar-refractivity contribution in [2.24, 2.45) is 5.92 Å². The lowest BCUT2D eigenvalue weighted by Crippen LogP contribution is -2.41. The summed E-state index contributed by atoms with van der Waals surface area (Å²) in [6, 6.07) is 9.71. The van der Waals surface area contributed by atoms with Crippen LogP contribution >= 0.6 is 0 Å². The highest BCUT2D eigenvalue weighted by atomic mass is 16.5. The molecule has 1 aliphatic carbocycles. The lowest BCUT2D eigenvalue weighted by molar-refractivity contribution is 0.157. The molecule has 2 unspecified atom stereocenters. The Balaban J connectivity index is 1.54. The second-order valence-electron chi connectivity index (χ2n) is 6.11. The zero-order valence-electron chi connectivity index (χ0n) is 11.3. The second kappa shape index (κ2) is 4.80. The average molecular weight is 258 g/mol. The first-order valence-corrected chi connectivity index (χ1v) is 7.61. The molecule has 0 amide bonds. The summed E-state index contributed by atoms with van der Waals surface area (Å²) in [5.41, 5.74) is 1.39. The number of fused-ring (bicyclic) bond motifs is 1. The van der Waals surface area contributed by atoms with E-state index in [1.54, 1.807) is 0 Å². The Morgan fingerprint density at radius 3 is 3.00 bits per heavy atom. The first kappa shape index (κ1) is 11.7. The minimum Gasteiger partial charge on any atom is -0.491 e. The van der Waals surface area contributed by atoms with Gasteiger partial charge in [-0.1, -0.05) is 18.2 Å². The number of para-hydroxylation sites is 1. The van der Waals surface area contributed by atoms with E-state index in [0.717, 1.165) is 18.3 Å². The largest absolute Gasteiger partial charge is 0.491 e. The molecule has 0 spiro atoms. The normalized spacial score (nSPS) is 31.6. The monoisotopic (exact) mass is 258 g/mol. The third kappa shape index (κ3) is 2.26. The molecule has 1 saturated heterocycles. The van der Waals surface area contributed by atoms with Crippen LogP contribution in [-0.4, -0.2) is 37.2 Å². The highest BCUT2D eigenvalue weighted by molar-refractivity contribution is 5.39. The molecule has 3 heteroatoms. The number of rotatable bonds is 2. The van der Waals surface area contributed by atoms with Gasteiger partial charge in [0.15, 0.2) is 0 Å². The van der Waals surface area contributed by atoms with Crippen LogP contribution in [0.25, 0.3) is 0 Å². The van der Waals surface area contributed by atoms with Crippen molar-refractivity contribution in [3.63, 3.8) is 0 Å². The molecule has 1 aromatic carbocycles. The molecule has 1 saturated carbocycles. The average Bonchev–Trinajstić information content (AvgIpc) is 3.22. The molecule has 4 rings (SSSR count). The minimum atomic E-state index is 0.470. The third-order valence-corrected chi connectivity index (χ3v) is 4.77. The highest BCUT2D eigenvalue weighted by Gasteiger charge is 2.37. The van der Waals surface area contributed by atoms with Crippen molar-refractivity contribution >= 4 is 0 Å². The standard InChI is InChI=1S/C16H22N2O/c1-2-5-16-13(4-1)15(11-19-16)18-9-3-8-17-14(10-18)12-6-7-12/h1-2,4-5,12,14-15,17H,3,6-11H2. The summed E-state index contributed by atoms with van der Waals surface area (Å²) in [6.45, 7) is 4.38. The molecule has 2 atom stereocenters. The van der Waals surface area contributed by atoms with Crippen LogP contribution in [0.3, 0.4) is 0 Å². The Morgan fingerprint density at radius 1 is 1.21 bits per heavy atom. The third-order valence-electron chi connectivity index (χ3n) is 4.77. The van der Waals surface area contributed by atoms with E-state index >= 15 is 0 Å². The molecule has 0 radical (unpaired) electrons. The van der Waals surface area contributed by atoms with Gasteiger partial charge in [0, 0.05) is 24.7 Å². The molecular formula is C16H22N2O. The maximum absolute atomic E-state index is 5.85. The van der Waals surface area contributed by atoms with E-state index < -0.39 is 0 Å². The highest BCUT2D eigenvalue weighted by Crippen LogP contribution is 2.38. The number of nitrogens with one attached hydrogen (secondary N) is 1. The van der Waals surface area contributed by atoms with Gasteiger partial charge >= 0.3 is 0 Å². The Hall–Kier alpha value is -1.06. The first-order valence-electron chi connectivity index (χ1n) is 7.61. The molecule has 2 aliphatic heterocycles. The topological polar surface area (TPSA) is 24.5 Å². The molecular weight excluding hydrogens is 236 g/mol. The summed E-state index contributed by atoms with van der Waals surface area (Å²) in [5, 5.41) is 3.74. The first-order chi connectivity index (χ1) is 9.42. The van der Waals surface area contributed by atoms with E-state index in [2.05, 4.69) is 34.5 Å². The van der Waals surface area contributed by atoms with Gasteiger partial charge in [0.2, 0.25) is 0 Å². The van der Waals surface area contributed by atoms with Gasteiger partial charge in [-0.15, -0.1) is 0 Å². The molecule has 2 fully saturated rings. The number of hydrogen-bond donors (Lipinski definition) is 1. The van der Waals surface area contributed by atoms with Gasteiger partial charge in [-0.25, -0.2) is 0 Å². The van der Waals surface area contributed by atoms with Crippen LogP contribution in [0.1, 0.15) is 30.9 Å². The van der Waals surface area contributed by atoms with Gasteiger partial charge in [0.05, 0.1) is 6.04 Å². The van der Waals surface area contributed by atoms with Crippen molar-refractivity contribution in [3.05, 3.63) is 29.8 Å². The van der Waals surface area contributed by atoms with Gasteiger partial charge in [-0.05, 0) is 37.8 Å². The van der Waals surface area contributed by atoms with Gasteiger partial charge in [0.25, 0.3) is 0 Å². The Kier molecular flexibility index (Phi) is 2.97. The van der Waals surface area contributed by atoms with E-state index in [-0.39, 0.29) is 0 Å². The molecule has 1 aromatic rings. The van der Waals surface area contributed by atoms with Gasteiger partial charge in [-0.2, -0.15) is 0 Å². The molecule has 0 aromatic heterocycles. The molecule has 3 aliphatic rings. The maximum Gasteiger partial charge on any atom is 0.124 e. The fraction of sp³-hybridized carbons (Fsp3) is 0.625. The van der Waals surface area contributed by atoms with E-state index in [0.29, 0.717) is 12.1 Å². The van der Waals surface area contributed by atoms with Crippen molar-refractivity contribution in [2.45, 2.75) is 31.3 Å². The Morgan fingerprint density at radius 2 is 2.11 bits per heavy atom. The van der Waals surface area contributed by atoms with Crippen LogP contribution in [0.5, 0.6) is 5.75 Å². The van der Waals surface area contributed by atoms with Crippen LogP contribution in [0, 0.1) is 5.92 Å². The Bertz CT molecular complexity index is 458. The van der Waals surface area contributed by atoms with Crippen LogP contribution in [-0.2, 0) is 0 Å². The zero-order chi connectivity index (χ0) is 12.7. The molecule has 102 valence electrons. The van der Waals surface area contributed by atoms with Gasteiger partial charge < -0.3 is 10.1 Å². The van der Waals surface area contributed by atoms with E-state index in [1.165, 1.54) is 44.5 Å². The summed E-state index contributed by atoms with van der Waals surface area (Å²) in [4.78, 5) is 2.65. The summed E-state index contributed by atoms with van der Waals surface area (Å²) < 4.78 is 5.85. The van der Waals surface area contributed by atoms with E-state index in [1.807, 2.05) is 0 Å².